The Labute approximate surface area is 324 Å². The highest BCUT2D eigenvalue weighted by Gasteiger charge is 2.43. The summed E-state index contributed by atoms with van der Waals surface area (Å²) in [6.45, 7) is 8.78. The van der Waals surface area contributed by atoms with Gasteiger partial charge < -0.3 is 14.2 Å². The molecular formula is C43H33N3O6S3. The zero-order valence-electron chi connectivity index (χ0n) is 30.7. The Morgan fingerprint density at radius 3 is 2.05 bits per heavy atom. The fourth-order valence-corrected chi connectivity index (χ4v) is 12.3. The van der Waals surface area contributed by atoms with E-state index < -0.39 is 31.0 Å². The molecule has 0 saturated heterocycles. The molecule has 0 fully saturated rings. The number of non-ortho nitro benzene ring substituents is 1. The predicted molar refractivity (Wildman–Crippen MR) is 218 cm³/mol. The minimum absolute atomic E-state index is 0.0444. The monoisotopic (exact) mass is 783 g/mol. The molecule has 9 nitrogen and oxygen atoms in total. The largest absolute Gasteiger partial charge is 0.744 e. The number of thiophene rings is 2. The first-order valence-corrected chi connectivity index (χ1v) is 20.8. The van der Waals surface area contributed by atoms with E-state index in [1.807, 2.05) is 48.5 Å². The zero-order valence-corrected chi connectivity index (χ0v) is 33.1. The van der Waals surface area contributed by atoms with E-state index >= 15 is 0 Å². The van der Waals surface area contributed by atoms with Crippen LogP contribution in [-0.2, 0) is 21.2 Å². The number of benzene rings is 5. The smallest absolute Gasteiger partial charge is 0.270 e. The van der Waals surface area contributed by atoms with E-state index in [4.69, 9.17) is 4.74 Å². The van der Waals surface area contributed by atoms with Crippen LogP contribution in [0.2, 0.25) is 0 Å². The number of anilines is 1. The Balaban J connectivity index is 1.38. The van der Waals surface area contributed by atoms with E-state index in [9.17, 15) is 23.1 Å². The third kappa shape index (κ3) is 4.59. The molecule has 0 saturated carbocycles. The third-order valence-electron chi connectivity index (χ3n) is 12.0. The lowest BCUT2D eigenvalue weighted by molar-refractivity contribution is -0.384. The van der Waals surface area contributed by atoms with Gasteiger partial charge in [-0.2, -0.15) is 0 Å². The van der Waals surface area contributed by atoms with Crippen LogP contribution in [-0.4, -0.2) is 32.0 Å². The van der Waals surface area contributed by atoms with Gasteiger partial charge in [0, 0.05) is 103 Å². The maximum atomic E-state index is 13.0. The molecule has 3 aliphatic rings. The van der Waals surface area contributed by atoms with Gasteiger partial charge in [0.1, 0.15) is 28.7 Å². The molecule has 0 radical (unpaired) electrons. The van der Waals surface area contributed by atoms with Crippen LogP contribution < -0.4 is 24.8 Å². The molecule has 12 heteroatoms. The maximum Gasteiger partial charge on any atom is 0.270 e. The molecule has 0 bridgehead atoms. The number of nitro benzene ring substituents is 1. The Morgan fingerprint density at radius 1 is 0.764 bits per heavy atom. The highest BCUT2D eigenvalue weighted by atomic mass is 32.2. The summed E-state index contributed by atoms with van der Waals surface area (Å²) >= 11 is 3.38. The fourth-order valence-electron chi connectivity index (χ4n) is 8.84. The van der Waals surface area contributed by atoms with Gasteiger partial charge in [-0.3, -0.25) is 10.1 Å². The average molecular weight is 784 g/mol. The molecule has 0 amide bonds. The highest BCUT2D eigenvalue weighted by Crippen LogP contribution is 2.56. The van der Waals surface area contributed by atoms with Crippen LogP contribution in [0.1, 0.15) is 49.9 Å². The van der Waals surface area contributed by atoms with E-state index in [1.54, 1.807) is 22.7 Å². The summed E-state index contributed by atoms with van der Waals surface area (Å²) in [7, 11) is -0.979. The minimum atomic E-state index is -5.09. The van der Waals surface area contributed by atoms with Gasteiger partial charge in [0.25, 0.3) is 5.69 Å². The SMILES string of the molecule is CN1c2cc3c(cc2-c2sc4ccccc4c2C1(C)C)C(c1cc([N+](=O)[O-])ccc1S(=O)(=O)[O-])=c1cc2c(cc1O3)=[N+](C)C(C)(C)c1c-2sc2ccccc12. The summed E-state index contributed by atoms with van der Waals surface area (Å²) in [5.41, 5.74) is 4.87. The molecule has 5 heterocycles. The van der Waals surface area contributed by atoms with Crippen LogP contribution in [0.5, 0.6) is 11.5 Å². The molecule has 274 valence electrons. The van der Waals surface area contributed by atoms with Crippen LogP contribution in [0, 0.1) is 10.1 Å². The van der Waals surface area contributed by atoms with Crippen LogP contribution >= 0.6 is 22.7 Å². The number of nitro groups is 1. The topological polar surface area (TPSA) is 116 Å². The second kappa shape index (κ2) is 11.1. The van der Waals surface area contributed by atoms with Crippen molar-refractivity contribution in [3.63, 3.8) is 0 Å². The van der Waals surface area contributed by atoms with Crippen LogP contribution in [0.15, 0.2) is 95.9 Å². The van der Waals surface area contributed by atoms with Crippen LogP contribution in [0.3, 0.4) is 0 Å². The second-order valence-electron chi connectivity index (χ2n) is 15.4. The molecule has 3 aliphatic heterocycles. The van der Waals surface area contributed by atoms with Gasteiger partial charge >= 0.3 is 0 Å². The highest BCUT2D eigenvalue weighted by molar-refractivity contribution is 7.85. The number of ether oxygens (including phenoxy) is 1. The summed E-state index contributed by atoms with van der Waals surface area (Å²) < 4.78 is 50.5. The van der Waals surface area contributed by atoms with Crippen molar-refractivity contribution in [2.45, 2.75) is 43.7 Å². The summed E-state index contributed by atoms with van der Waals surface area (Å²) in [6.07, 6.45) is 0. The van der Waals surface area contributed by atoms with Crippen molar-refractivity contribution >= 4 is 69.9 Å². The van der Waals surface area contributed by atoms with Crippen molar-refractivity contribution in [3.8, 4) is 32.4 Å². The van der Waals surface area contributed by atoms with E-state index in [2.05, 4.69) is 75.5 Å². The van der Waals surface area contributed by atoms with E-state index in [0.29, 0.717) is 27.9 Å². The van der Waals surface area contributed by atoms with E-state index in [-0.39, 0.29) is 11.3 Å². The lowest BCUT2D eigenvalue weighted by Gasteiger charge is -2.43. The minimum Gasteiger partial charge on any atom is -0.744 e. The number of nitrogens with zero attached hydrogens (tertiary/aromatic N) is 3. The molecular weight excluding hydrogens is 751 g/mol. The first-order valence-electron chi connectivity index (χ1n) is 17.8. The summed E-state index contributed by atoms with van der Waals surface area (Å²) in [5, 5.41) is 16.0. The van der Waals surface area contributed by atoms with Gasteiger partial charge in [-0.05, 0) is 49.6 Å². The lowest BCUT2D eigenvalue weighted by Crippen LogP contribution is -2.46. The molecule has 2 aromatic heterocycles. The molecule has 0 unspecified atom stereocenters. The van der Waals surface area contributed by atoms with Crippen molar-refractivity contribution in [3.05, 3.63) is 134 Å². The van der Waals surface area contributed by atoms with Crippen molar-refractivity contribution in [2.24, 2.45) is 0 Å². The van der Waals surface area contributed by atoms with Gasteiger partial charge in [0.2, 0.25) is 5.36 Å². The van der Waals surface area contributed by atoms with Gasteiger partial charge in [-0.1, -0.05) is 36.4 Å². The summed E-state index contributed by atoms with van der Waals surface area (Å²) in [4.78, 5) is 15.5. The maximum absolute atomic E-state index is 13.0. The van der Waals surface area contributed by atoms with Gasteiger partial charge in [0.05, 0.1) is 31.9 Å². The van der Waals surface area contributed by atoms with Crippen molar-refractivity contribution in [1.82, 2.24) is 4.58 Å². The molecule has 5 aromatic carbocycles. The Kier molecular flexibility index (Phi) is 6.89. The van der Waals surface area contributed by atoms with Crippen LogP contribution in [0.25, 0.3) is 46.6 Å². The molecule has 0 atom stereocenters. The molecule has 7 aromatic rings. The molecule has 55 heavy (non-hydrogen) atoms. The fraction of sp³-hybridized carbons (Fsp3) is 0.186. The van der Waals surface area contributed by atoms with E-state index in [0.717, 1.165) is 64.2 Å². The van der Waals surface area contributed by atoms with Gasteiger partial charge in [0.15, 0.2) is 5.54 Å². The number of fused-ring (bicyclic) bond motifs is 12. The Morgan fingerprint density at radius 2 is 1.40 bits per heavy atom. The molecule has 0 spiro atoms. The second-order valence-corrected chi connectivity index (χ2v) is 18.9. The molecule has 0 aliphatic carbocycles. The predicted octanol–water partition coefficient (Wildman–Crippen LogP) is 8.67. The lowest BCUT2D eigenvalue weighted by atomic mass is 9.81. The first-order chi connectivity index (χ1) is 26.1. The van der Waals surface area contributed by atoms with Crippen molar-refractivity contribution in [2.75, 3.05) is 19.0 Å². The zero-order chi connectivity index (χ0) is 38.5. The Bertz CT molecular complexity index is 3180. The van der Waals surface area contributed by atoms with Crippen molar-refractivity contribution in [1.29, 1.82) is 0 Å². The van der Waals surface area contributed by atoms with Gasteiger partial charge in [-0.25, -0.2) is 13.0 Å². The molecule has 10 rings (SSSR count). The standard InChI is InChI=1S/C43H33N3O6S3/c1-42(2)38-23-11-7-9-13-34(23)53-40(38)25-18-27-32(20-30(25)44(42)5)52-33-21-31-26(41-39(43(3,4)45(31)6)24-12-8-10-14-35(24)54-41)19-28(33)37(27)29-17-22(46(47)48)15-16-36(29)55(49,50)51/h7-21H,1-6H3. The summed E-state index contributed by atoms with van der Waals surface area (Å²) in [5.74, 6) is 0.906. The third-order valence-corrected chi connectivity index (χ3v) is 15.3. The Hall–Kier alpha value is -5.40. The van der Waals surface area contributed by atoms with Gasteiger partial charge in [-0.15, -0.1) is 22.7 Å². The number of rotatable bonds is 3. The van der Waals surface area contributed by atoms with E-state index in [1.165, 1.54) is 17.2 Å². The summed E-state index contributed by atoms with van der Waals surface area (Å²) in [6, 6.07) is 27.9. The first kappa shape index (κ1) is 34.1. The average Bonchev–Trinajstić information content (AvgIpc) is 3.74. The normalized spacial score (nSPS) is 16.2. The molecule has 0 N–H and O–H groups in total. The number of hydrogen-bond acceptors (Lipinski definition) is 9. The number of hydrogen-bond donors (Lipinski definition) is 0. The van der Waals surface area contributed by atoms with Crippen molar-refractivity contribution < 1.29 is 22.6 Å². The quantitative estimate of drug-likeness (QED) is 0.0763. The van der Waals surface area contributed by atoms with Crippen LogP contribution in [0.4, 0.5) is 11.4 Å².